The van der Waals surface area contributed by atoms with Crippen molar-refractivity contribution in [2.24, 2.45) is 0 Å². The van der Waals surface area contributed by atoms with E-state index >= 15 is 0 Å². The number of likely N-dealkylation sites (N-methyl/N-ethyl adjacent to an activating group) is 1. The molecular formula is C12H22ClN3O3. The molecule has 2 heterocycles. The molecule has 0 aromatic rings. The number of rotatable bonds is 3. The lowest BCUT2D eigenvalue weighted by molar-refractivity contribution is -0.145. The minimum Gasteiger partial charge on any atom is -0.368 e. The van der Waals surface area contributed by atoms with Crippen LogP contribution in [0.5, 0.6) is 0 Å². The number of nitrogens with zero attached hydrogens (tertiary/aromatic N) is 2. The molecular weight excluding hydrogens is 270 g/mol. The topological polar surface area (TPSA) is 61.9 Å². The molecule has 2 fully saturated rings. The van der Waals surface area contributed by atoms with E-state index in [0.717, 1.165) is 12.8 Å². The van der Waals surface area contributed by atoms with E-state index in [2.05, 4.69) is 5.32 Å². The van der Waals surface area contributed by atoms with E-state index in [0.29, 0.717) is 39.3 Å². The van der Waals surface area contributed by atoms with Crippen molar-refractivity contribution in [3.63, 3.8) is 0 Å². The first-order chi connectivity index (χ1) is 8.72. The Balaban J connectivity index is 0.00000180. The van der Waals surface area contributed by atoms with Crippen molar-refractivity contribution in [1.29, 1.82) is 0 Å². The van der Waals surface area contributed by atoms with E-state index < -0.39 is 0 Å². The second kappa shape index (κ2) is 7.67. The van der Waals surface area contributed by atoms with Crippen LogP contribution in [0.2, 0.25) is 0 Å². The monoisotopic (exact) mass is 291 g/mol. The van der Waals surface area contributed by atoms with Gasteiger partial charge in [-0.15, -0.1) is 12.4 Å². The molecule has 0 bridgehead atoms. The van der Waals surface area contributed by atoms with E-state index in [1.807, 2.05) is 4.90 Å². The number of nitrogens with one attached hydrogen (secondary N) is 1. The summed E-state index contributed by atoms with van der Waals surface area (Å²) in [6.45, 7) is 3.54. The van der Waals surface area contributed by atoms with E-state index in [4.69, 9.17) is 4.74 Å². The van der Waals surface area contributed by atoms with Crippen LogP contribution in [0.1, 0.15) is 12.8 Å². The molecule has 0 aliphatic carbocycles. The fourth-order valence-electron chi connectivity index (χ4n) is 2.42. The maximum Gasteiger partial charge on any atom is 0.251 e. The summed E-state index contributed by atoms with van der Waals surface area (Å²) in [5.41, 5.74) is 0. The quantitative estimate of drug-likeness (QED) is 0.760. The molecule has 7 heteroatoms. The van der Waals surface area contributed by atoms with Crippen LogP contribution in [0, 0.1) is 0 Å². The van der Waals surface area contributed by atoms with Crippen molar-refractivity contribution < 1.29 is 14.3 Å². The Kier molecular flexibility index (Phi) is 6.54. The number of piperazine rings is 1. The fourth-order valence-corrected chi connectivity index (χ4v) is 2.42. The summed E-state index contributed by atoms with van der Waals surface area (Å²) in [5.74, 6) is 0.190. The van der Waals surface area contributed by atoms with E-state index in [9.17, 15) is 9.59 Å². The predicted molar refractivity (Wildman–Crippen MR) is 73.3 cm³/mol. The summed E-state index contributed by atoms with van der Waals surface area (Å²) in [6.07, 6.45) is 1.55. The van der Waals surface area contributed by atoms with Gasteiger partial charge in [-0.3, -0.25) is 9.59 Å². The van der Waals surface area contributed by atoms with E-state index in [-0.39, 0.29) is 30.3 Å². The zero-order chi connectivity index (χ0) is 13.0. The molecule has 0 aromatic carbocycles. The lowest BCUT2D eigenvalue weighted by atomic mass is 10.2. The molecule has 6 nitrogen and oxygen atoms in total. The summed E-state index contributed by atoms with van der Waals surface area (Å²) >= 11 is 0. The van der Waals surface area contributed by atoms with Crippen molar-refractivity contribution in [1.82, 2.24) is 15.1 Å². The Morgan fingerprint density at radius 1 is 1.21 bits per heavy atom. The largest absolute Gasteiger partial charge is 0.368 e. The maximum atomic E-state index is 12.1. The fraction of sp³-hybridized carbons (Fsp3) is 0.833. The molecule has 0 radical (unpaired) electrons. The second-order valence-corrected chi connectivity index (χ2v) is 4.74. The normalized spacial score (nSPS) is 23.1. The Labute approximate surface area is 119 Å². The van der Waals surface area contributed by atoms with Crippen LogP contribution < -0.4 is 5.32 Å². The van der Waals surface area contributed by atoms with Gasteiger partial charge >= 0.3 is 0 Å². The van der Waals surface area contributed by atoms with Crippen molar-refractivity contribution in [3.05, 3.63) is 0 Å². The van der Waals surface area contributed by atoms with Crippen LogP contribution in [-0.2, 0) is 14.3 Å². The lowest BCUT2D eigenvalue weighted by Crippen LogP contribution is -2.54. The molecule has 2 amide bonds. The Bertz CT molecular complexity index is 313. The van der Waals surface area contributed by atoms with Gasteiger partial charge in [0.1, 0.15) is 6.10 Å². The van der Waals surface area contributed by atoms with Crippen molar-refractivity contribution >= 4 is 24.2 Å². The number of carbonyl (C=O) groups excluding carboxylic acids is 2. The Morgan fingerprint density at radius 2 is 1.84 bits per heavy atom. The lowest BCUT2D eigenvalue weighted by Gasteiger charge is -2.35. The number of hydrogen-bond acceptors (Lipinski definition) is 4. The predicted octanol–water partition coefficient (Wildman–Crippen LogP) is -0.523. The highest BCUT2D eigenvalue weighted by Crippen LogP contribution is 2.15. The second-order valence-electron chi connectivity index (χ2n) is 4.74. The molecule has 0 aromatic heterocycles. The molecule has 1 atom stereocenters. The van der Waals surface area contributed by atoms with Crippen LogP contribution in [0.4, 0.5) is 0 Å². The number of ether oxygens (including phenoxy) is 1. The van der Waals surface area contributed by atoms with Gasteiger partial charge in [0.15, 0.2) is 0 Å². The number of halogens is 1. The maximum absolute atomic E-state index is 12.1. The highest BCUT2D eigenvalue weighted by atomic mass is 35.5. The van der Waals surface area contributed by atoms with Crippen LogP contribution in [0.15, 0.2) is 0 Å². The van der Waals surface area contributed by atoms with Gasteiger partial charge < -0.3 is 19.9 Å². The number of amides is 2. The smallest absolute Gasteiger partial charge is 0.251 e. The third-order valence-electron chi connectivity index (χ3n) is 3.48. The number of hydrogen-bond donors (Lipinski definition) is 1. The summed E-state index contributed by atoms with van der Waals surface area (Å²) in [5, 5.41) is 2.85. The van der Waals surface area contributed by atoms with Gasteiger partial charge in [-0.1, -0.05) is 0 Å². The summed E-state index contributed by atoms with van der Waals surface area (Å²) < 4.78 is 5.40. The molecule has 110 valence electrons. The molecule has 2 aliphatic rings. The van der Waals surface area contributed by atoms with Crippen LogP contribution >= 0.6 is 12.4 Å². The van der Waals surface area contributed by atoms with Gasteiger partial charge in [-0.2, -0.15) is 0 Å². The molecule has 2 rings (SSSR count). The standard InChI is InChI=1S/C12H21N3O3.ClH/c1-13-9-11(16)14-4-6-15(7-5-14)12(17)10-3-2-8-18-10;/h10,13H,2-9H2,1H3;1H. The van der Waals surface area contributed by atoms with Gasteiger partial charge in [0.2, 0.25) is 5.91 Å². The van der Waals surface area contributed by atoms with Gasteiger partial charge in [0, 0.05) is 32.8 Å². The zero-order valence-electron chi connectivity index (χ0n) is 11.3. The summed E-state index contributed by atoms with van der Waals surface area (Å²) in [4.78, 5) is 27.4. The highest BCUT2D eigenvalue weighted by Gasteiger charge is 2.30. The van der Waals surface area contributed by atoms with Crippen LogP contribution in [0.25, 0.3) is 0 Å². The molecule has 19 heavy (non-hydrogen) atoms. The number of carbonyl (C=O) groups is 2. The van der Waals surface area contributed by atoms with Crippen molar-refractivity contribution in [2.75, 3.05) is 46.4 Å². The molecule has 1 unspecified atom stereocenters. The van der Waals surface area contributed by atoms with E-state index in [1.165, 1.54) is 0 Å². The molecule has 0 saturated carbocycles. The molecule has 0 spiro atoms. The zero-order valence-corrected chi connectivity index (χ0v) is 12.1. The van der Waals surface area contributed by atoms with Gasteiger partial charge in [-0.25, -0.2) is 0 Å². The Hall–Kier alpha value is -0.850. The van der Waals surface area contributed by atoms with Crippen molar-refractivity contribution in [2.45, 2.75) is 18.9 Å². The average Bonchev–Trinajstić information content (AvgIpc) is 2.92. The average molecular weight is 292 g/mol. The van der Waals surface area contributed by atoms with Crippen LogP contribution in [0.3, 0.4) is 0 Å². The first-order valence-corrected chi connectivity index (χ1v) is 6.55. The van der Waals surface area contributed by atoms with Gasteiger partial charge in [0.05, 0.1) is 6.54 Å². The minimum absolute atomic E-state index is 0. The Morgan fingerprint density at radius 3 is 2.37 bits per heavy atom. The van der Waals surface area contributed by atoms with Gasteiger partial charge in [-0.05, 0) is 19.9 Å². The third-order valence-corrected chi connectivity index (χ3v) is 3.48. The summed E-state index contributed by atoms with van der Waals surface area (Å²) in [6, 6.07) is 0. The van der Waals surface area contributed by atoms with Crippen molar-refractivity contribution in [3.8, 4) is 0 Å². The summed E-state index contributed by atoms with van der Waals surface area (Å²) in [7, 11) is 1.76. The molecule has 1 N–H and O–H groups in total. The third kappa shape index (κ3) is 4.06. The van der Waals surface area contributed by atoms with Crippen LogP contribution in [-0.4, -0.2) is 74.1 Å². The highest BCUT2D eigenvalue weighted by molar-refractivity contribution is 5.85. The molecule has 2 saturated heterocycles. The van der Waals surface area contributed by atoms with Gasteiger partial charge in [0.25, 0.3) is 5.91 Å². The minimum atomic E-state index is -0.246. The molecule has 2 aliphatic heterocycles. The van der Waals surface area contributed by atoms with E-state index in [1.54, 1.807) is 11.9 Å². The first-order valence-electron chi connectivity index (χ1n) is 6.55. The first kappa shape index (κ1) is 16.2. The SMILES string of the molecule is CNCC(=O)N1CCN(C(=O)C2CCCO2)CC1.Cl.